The molecule has 13 heteroatoms. The summed E-state index contributed by atoms with van der Waals surface area (Å²) in [6.45, 7) is 2.83. The standard InChI is InChI=1S/C19H32N6O6S/c1-10(2)15(25-16(27)12(20)8-26)18(29)23-13(4-5-32-3)17(28)24-14(19(30)31)6-11-7-21-9-22-11/h7,9-10,12-15,26H,4-6,8,20H2,1-3H3,(H,21,22)(H,23,29)(H,24,28)(H,25,27)(H,30,31). The van der Waals surface area contributed by atoms with Crippen LogP contribution in [0.1, 0.15) is 26.0 Å². The fourth-order valence-corrected chi connectivity index (χ4v) is 3.20. The Hall–Kier alpha value is -2.64. The first kappa shape index (κ1) is 27.4. The third-order valence-corrected chi connectivity index (χ3v) is 5.26. The molecule has 1 heterocycles. The van der Waals surface area contributed by atoms with Crippen molar-refractivity contribution in [3.63, 3.8) is 0 Å². The maximum atomic E-state index is 12.8. The van der Waals surface area contributed by atoms with Crippen molar-refractivity contribution in [3.8, 4) is 0 Å². The van der Waals surface area contributed by atoms with Crippen LogP contribution in [0.5, 0.6) is 0 Å². The number of aliphatic hydroxyl groups is 1. The molecule has 0 saturated carbocycles. The van der Waals surface area contributed by atoms with Gasteiger partial charge in [-0.25, -0.2) is 9.78 Å². The molecule has 12 nitrogen and oxygen atoms in total. The quantitative estimate of drug-likeness (QED) is 0.163. The Morgan fingerprint density at radius 3 is 2.28 bits per heavy atom. The molecule has 0 aliphatic carbocycles. The van der Waals surface area contributed by atoms with Gasteiger partial charge in [0.25, 0.3) is 0 Å². The number of nitrogens with one attached hydrogen (secondary N) is 4. The number of amides is 3. The second kappa shape index (κ2) is 13.7. The number of imidazole rings is 1. The van der Waals surface area contributed by atoms with E-state index in [0.29, 0.717) is 11.4 Å². The van der Waals surface area contributed by atoms with Crippen molar-refractivity contribution in [1.29, 1.82) is 0 Å². The van der Waals surface area contributed by atoms with Crippen molar-refractivity contribution in [2.24, 2.45) is 11.7 Å². The number of hydrogen-bond acceptors (Lipinski definition) is 8. The molecule has 4 unspecified atom stereocenters. The second-order valence-electron chi connectivity index (χ2n) is 7.54. The molecule has 0 aromatic carbocycles. The van der Waals surface area contributed by atoms with Gasteiger partial charge in [-0.2, -0.15) is 11.8 Å². The number of carbonyl (C=O) groups is 4. The third kappa shape index (κ3) is 8.85. The van der Waals surface area contributed by atoms with Crippen molar-refractivity contribution in [1.82, 2.24) is 25.9 Å². The van der Waals surface area contributed by atoms with Gasteiger partial charge in [0.1, 0.15) is 24.2 Å². The van der Waals surface area contributed by atoms with Crippen LogP contribution in [-0.2, 0) is 25.6 Å². The van der Waals surface area contributed by atoms with Gasteiger partial charge in [-0.15, -0.1) is 0 Å². The summed E-state index contributed by atoms with van der Waals surface area (Å²) in [5.74, 6) is -2.99. The summed E-state index contributed by atoms with van der Waals surface area (Å²) in [6, 6.07) is -4.41. The lowest BCUT2D eigenvalue weighted by molar-refractivity contribution is -0.142. The number of rotatable bonds is 14. The first-order valence-corrected chi connectivity index (χ1v) is 11.5. The maximum Gasteiger partial charge on any atom is 0.326 e. The number of H-pyrrole nitrogens is 1. The summed E-state index contributed by atoms with van der Waals surface area (Å²) in [7, 11) is 0. The van der Waals surface area contributed by atoms with Gasteiger partial charge < -0.3 is 36.9 Å². The molecule has 1 aromatic heterocycles. The topological polar surface area (TPSA) is 200 Å². The first-order chi connectivity index (χ1) is 15.1. The number of carboxylic acids is 1. The van der Waals surface area contributed by atoms with E-state index in [4.69, 9.17) is 10.8 Å². The molecule has 1 rings (SSSR count). The largest absolute Gasteiger partial charge is 0.480 e. The zero-order chi connectivity index (χ0) is 24.3. The van der Waals surface area contributed by atoms with Crippen molar-refractivity contribution < 1.29 is 29.4 Å². The highest BCUT2D eigenvalue weighted by atomic mass is 32.2. The molecule has 1 aromatic rings. The van der Waals surface area contributed by atoms with Crippen LogP contribution in [0.2, 0.25) is 0 Å². The molecular formula is C19H32N6O6S. The number of carboxylic acid groups (broad SMARTS) is 1. The molecule has 0 radical (unpaired) electrons. The van der Waals surface area contributed by atoms with Gasteiger partial charge in [-0.1, -0.05) is 13.8 Å². The third-order valence-electron chi connectivity index (χ3n) is 4.62. The molecule has 0 spiro atoms. The number of aliphatic hydroxyl groups excluding tert-OH is 1. The van der Waals surface area contributed by atoms with Crippen LogP contribution in [0.15, 0.2) is 12.5 Å². The average Bonchev–Trinajstić information content (AvgIpc) is 3.26. The molecule has 32 heavy (non-hydrogen) atoms. The number of carbonyl (C=O) groups excluding carboxylic acids is 3. The number of nitrogens with zero attached hydrogens (tertiary/aromatic N) is 1. The molecule has 0 aliphatic rings. The van der Waals surface area contributed by atoms with Crippen LogP contribution in [0.4, 0.5) is 0 Å². The predicted molar refractivity (Wildman–Crippen MR) is 119 cm³/mol. The summed E-state index contributed by atoms with van der Waals surface area (Å²) in [5.41, 5.74) is 6.03. The van der Waals surface area contributed by atoms with E-state index in [-0.39, 0.29) is 18.8 Å². The highest BCUT2D eigenvalue weighted by Gasteiger charge is 2.31. The molecule has 0 bridgehead atoms. The Kier molecular flexibility index (Phi) is 11.7. The second-order valence-corrected chi connectivity index (χ2v) is 8.53. The van der Waals surface area contributed by atoms with Crippen molar-refractivity contribution >= 4 is 35.5 Å². The fraction of sp³-hybridized carbons (Fsp3) is 0.632. The lowest BCUT2D eigenvalue weighted by Crippen LogP contribution is -2.59. The summed E-state index contributed by atoms with van der Waals surface area (Å²) in [4.78, 5) is 55.9. The van der Waals surface area contributed by atoms with Gasteiger partial charge >= 0.3 is 5.97 Å². The zero-order valence-corrected chi connectivity index (χ0v) is 19.1. The van der Waals surface area contributed by atoms with Gasteiger partial charge in [0.05, 0.1) is 12.9 Å². The van der Waals surface area contributed by atoms with E-state index < -0.39 is 54.5 Å². The van der Waals surface area contributed by atoms with Crippen LogP contribution >= 0.6 is 11.8 Å². The minimum absolute atomic E-state index is 0.00596. The van der Waals surface area contributed by atoms with Gasteiger partial charge in [0, 0.05) is 18.3 Å². The number of nitrogens with two attached hydrogens (primary N) is 1. The lowest BCUT2D eigenvalue weighted by Gasteiger charge is -2.26. The van der Waals surface area contributed by atoms with Crippen molar-refractivity contribution in [2.45, 2.75) is 50.9 Å². The Morgan fingerprint density at radius 2 is 1.78 bits per heavy atom. The smallest absolute Gasteiger partial charge is 0.326 e. The van der Waals surface area contributed by atoms with Crippen LogP contribution in [0, 0.1) is 5.92 Å². The monoisotopic (exact) mass is 472 g/mol. The Labute approximate surface area is 190 Å². The van der Waals surface area contributed by atoms with E-state index in [1.54, 1.807) is 13.8 Å². The summed E-state index contributed by atoms with van der Waals surface area (Å²) in [6.07, 6.45) is 4.95. The highest BCUT2D eigenvalue weighted by molar-refractivity contribution is 7.98. The lowest BCUT2D eigenvalue weighted by atomic mass is 10.0. The van der Waals surface area contributed by atoms with Crippen LogP contribution in [0.25, 0.3) is 0 Å². The van der Waals surface area contributed by atoms with Gasteiger partial charge in [-0.05, 0) is 24.3 Å². The fourth-order valence-electron chi connectivity index (χ4n) is 2.73. The van der Waals surface area contributed by atoms with Crippen molar-refractivity contribution in [3.05, 3.63) is 18.2 Å². The number of hydrogen-bond donors (Lipinski definition) is 7. The molecule has 0 aliphatic heterocycles. The first-order valence-electron chi connectivity index (χ1n) is 10.1. The molecule has 3 amide bonds. The SMILES string of the molecule is CSCCC(NC(=O)C(NC(=O)C(N)CO)C(C)C)C(=O)NC(Cc1cnc[nH]1)C(=O)O. The van der Waals surface area contributed by atoms with Crippen molar-refractivity contribution in [2.75, 3.05) is 18.6 Å². The van der Waals surface area contributed by atoms with E-state index in [1.807, 2.05) is 6.26 Å². The predicted octanol–water partition coefficient (Wildman–Crippen LogP) is -1.78. The van der Waals surface area contributed by atoms with E-state index in [0.717, 1.165) is 0 Å². The number of thioether (sulfide) groups is 1. The number of aromatic amines is 1. The molecule has 180 valence electrons. The van der Waals surface area contributed by atoms with E-state index in [2.05, 4.69) is 25.9 Å². The molecule has 4 atom stereocenters. The normalized spacial score (nSPS) is 14.8. The molecule has 0 fully saturated rings. The van der Waals surface area contributed by atoms with Gasteiger partial charge in [-0.3, -0.25) is 14.4 Å². The average molecular weight is 473 g/mol. The van der Waals surface area contributed by atoms with E-state index in [9.17, 15) is 24.3 Å². The Morgan fingerprint density at radius 1 is 1.12 bits per heavy atom. The Bertz CT molecular complexity index is 759. The molecule has 0 saturated heterocycles. The summed E-state index contributed by atoms with van der Waals surface area (Å²) < 4.78 is 0. The van der Waals surface area contributed by atoms with E-state index in [1.165, 1.54) is 24.3 Å². The Balaban J connectivity index is 2.91. The van der Waals surface area contributed by atoms with Gasteiger partial charge in [0.2, 0.25) is 17.7 Å². The van der Waals surface area contributed by atoms with Crippen LogP contribution in [0.3, 0.4) is 0 Å². The zero-order valence-electron chi connectivity index (χ0n) is 18.3. The number of aromatic nitrogens is 2. The van der Waals surface area contributed by atoms with Crippen LogP contribution < -0.4 is 21.7 Å². The maximum absolute atomic E-state index is 12.8. The van der Waals surface area contributed by atoms with Gasteiger partial charge in [0.15, 0.2) is 0 Å². The van der Waals surface area contributed by atoms with E-state index >= 15 is 0 Å². The van der Waals surface area contributed by atoms with Crippen LogP contribution in [-0.4, -0.2) is 86.7 Å². The summed E-state index contributed by atoms with van der Waals surface area (Å²) >= 11 is 1.46. The minimum Gasteiger partial charge on any atom is -0.480 e. The molecular weight excluding hydrogens is 440 g/mol. The number of aliphatic carboxylic acids is 1. The summed E-state index contributed by atoms with van der Waals surface area (Å²) in [5, 5.41) is 26.0. The highest BCUT2D eigenvalue weighted by Crippen LogP contribution is 2.07. The molecule has 8 N–H and O–H groups in total. The minimum atomic E-state index is -1.23.